The highest BCUT2D eigenvalue weighted by Gasteiger charge is 2.51. The number of amides is 5. The zero-order valence-corrected chi connectivity index (χ0v) is 27.6. The molecule has 13 heteroatoms. The van der Waals surface area contributed by atoms with Crippen LogP contribution in [0.5, 0.6) is 5.75 Å². The molecular formula is C36H37N7O5S. The largest absolute Gasteiger partial charge is 0.508 e. The normalized spacial score (nSPS) is 17.8. The van der Waals surface area contributed by atoms with E-state index in [1.54, 1.807) is 57.7 Å². The van der Waals surface area contributed by atoms with Crippen LogP contribution in [0.15, 0.2) is 103 Å². The third kappa shape index (κ3) is 7.79. The summed E-state index contributed by atoms with van der Waals surface area (Å²) in [5.74, 6) is -0.859. The van der Waals surface area contributed by atoms with E-state index in [0.29, 0.717) is 12.2 Å². The second-order valence-electron chi connectivity index (χ2n) is 11.8. The zero-order valence-electron chi connectivity index (χ0n) is 26.8. The van der Waals surface area contributed by atoms with Gasteiger partial charge in [0.25, 0.3) is 5.91 Å². The Kier molecular flexibility index (Phi) is 10.3. The van der Waals surface area contributed by atoms with Crippen molar-refractivity contribution in [1.82, 2.24) is 35.4 Å². The summed E-state index contributed by atoms with van der Waals surface area (Å²) in [7, 11) is 0. The van der Waals surface area contributed by atoms with Crippen molar-refractivity contribution in [2.45, 2.75) is 38.3 Å². The Hall–Kier alpha value is -5.53. The van der Waals surface area contributed by atoms with Crippen molar-refractivity contribution in [2.24, 2.45) is 0 Å². The Morgan fingerprint density at radius 3 is 2.47 bits per heavy atom. The van der Waals surface area contributed by atoms with Crippen LogP contribution in [-0.4, -0.2) is 85.5 Å². The molecule has 252 valence electrons. The molecule has 5 amide bonds. The van der Waals surface area contributed by atoms with Crippen LogP contribution < -0.4 is 10.6 Å². The third-order valence-electron chi connectivity index (χ3n) is 8.43. The molecule has 0 spiro atoms. The molecule has 2 saturated heterocycles. The number of hydrazine groups is 1. The quantitative estimate of drug-likeness (QED) is 0.206. The van der Waals surface area contributed by atoms with Gasteiger partial charge in [-0.1, -0.05) is 60.7 Å². The molecule has 4 heterocycles. The first-order chi connectivity index (χ1) is 23.8. The fourth-order valence-electron chi connectivity index (χ4n) is 6.11. The number of phenols is 1. The van der Waals surface area contributed by atoms with Crippen LogP contribution in [0, 0.1) is 0 Å². The molecule has 0 aliphatic carbocycles. The van der Waals surface area contributed by atoms with Crippen molar-refractivity contribution < 1.29 is 24.3 Å². The topological polar surface area (TPSA) is 138 Å². The van der Waals surface area contributed by atoms with E-state index in [1.807, 2.05) is 47.8 Å². The van der Waals surface area contributed by atoms with E-state index in [0.717, 1.165) is 16.0 Å². The lowest BCUT2D eigenvalue weighted by Gasteiger charge is -2.55. The number of phenolic OH excluding ortho intramolecular Hbond substituents is 1. The van der Waals surface area contributed by atoms with Gasteiger partial charge in [0, 0.05) is 24.4 Å². The molecule has 4 aromatic rings. The summed E-state index contributed by atoms with van der Waals surface area (Å²) in [5, 5.41) is 20.8. The van der Waals surface area contributed by atoms with E-state index >= 15 is 0 Å². The van der Waals surface area contributed by atoms with Crippen LogP contribution in [0.25, 0.3) is 0 Å². The number of aromatic nitrogens is 1. The Morgan fingerprint density at radius 2 is 1.73 bits per heavy atom. The summed E-state index contributed by atoms with van der Waals surface area (Å²) in [6.07, 6.45) is 0.949. The van der Waals surface area contributed by atoms with E-state index in [4.69, 9.17) is 0 Å². The fraction of sp³-hybridized carbons (Fsp3) is 0.250. The number of aromatic hydroxyl groups is 1. The van der Waals surface area contributed by atoms with E-state index in [-0.39, 0.29) is 68.3 Å². The molecule has 0 radical (unpaired) electrons. The van der Waals surface area contributed by atoms with Crippen molar-refractivity contribution in [1.29, 1.82) is 0 Å². The lowest BCUT2D eigenvalue weighted by molar-refractivity contribution is -0.189. The zero-order chi connectivity index (χ0) is 34.3. The molecule has 0 saturated carbocycles. The number of carbonyl (C=O) groups is 4. The van der Waals surface area contributed by atoms with E-state index < -0.39 is 18.2 Å². The number of hydrogen-bond donors (Lipinski definition) is 3. The number of nitrogens with zero attached hydrogens (tertiary/aromatic N) is 5. The van der Waals surface area contributed by atoms with Crippen LogP contribution in [0.2, 0.25) is 0 Å². The average Bonchev–Trinajstić information content (AvgIpc) is 3.63. The van der Waals surface area contributed by atoms with Crippen LogP contribution in [0.3, 0.4) is 0 Å². The van der Waals surface area contributed by atoms with Gasteiger partial charge in [0.05, 0.1) is 31.9 Å². The van der Waals surface area contributed by atoms with Gasteiger partial charge in [0.1, 0.15) is 23.7 Å². The van der Waals surface area contributed by atoms with Crippen LogP contribution in [0.4, 0.5) is 4.79 Å². The number of pyridine rings is 1. The first-order valence-electron chi connectivity index (χ1n) is 15.9. The van der Waals surface area contributed by atoms with Crippen molar-refractivity contribution in [3.05, 3.63) is 130 Å². The molecule has 2 aliphatic rings. The maximum absolute atomic E-state index is 14.3. The van der Waals surface area contributed by atoms with E-state index in [2.05, 4.69) is 22.2 Å². The first-order valence-corrected chi connectivity index (χ1v) is 16.8. The van der Waals surface area contributed by atoms with Crippen molar-refractivity contribution in [3.8, 4) is 5.75 Å². The van der Waals surface area contributed by atoms with Crippen molar-refractivity contribution in [2.75, 3.05) is 19.6 Å². The number of fused-ring (bicyclic) bond motifs is 1. The minimum Gasteiger partial charge on any atom is -0.508 e. The number of benzene rings is 2. The van der Waals surface area contributed by atoms with Crippen molar-refractivity contribution in [3.63, 3.8) is 0 Å². The molecule has 2 aromatic heterocycles. The van der Waals surface area contributed by atoms with Gasteiger partial charge in [-0.25, -0.2) is 19.8 Å². The van der Waals surface area contributed by atoms with Gasteiger partial charge in [-0.2, -0.15) is 0 Å². The van der Waals surface area contributed by atoms with E-state index in [1.165, 1.54) is 22.0 Å². The second kappa shape index (κ2) is 15.1. The van der Waals surface area contributed by atoms with Crippen molar-refractivity contribution >= 4 is 35.1 Å². The monoisotopic (exact) mass is 679 g/mol. The van der Waals surface area contributed by atoms with Gasteiger partial charge in [-0.05, 0) is 46.8 Å². The second-order valence-corrected chi connectivity index (χ2v) is 12.8. The highest BCUT2D eigenvalue weighted by molar-refractivity contribution is 7.09. The molecular weight excluding hydrogens is 643 g/mol. The molecule has 0 bridgehead atoms. The van der Waals surface area contributed by atoms with Crippen LogP contribution in [-0.2, 0) is 35.6 Å². The molecule has 0 unspecified atom stereocenters. The SMILES string of the molecule is C=CCN1CC(=O)N2[C@@H](Cc3ccc(O)cc3)C(=O)N(Cc3cccc(C(=O)NCc4cccs4)n3)C[C@@H]2N1C(=O)NCc1ccccc1. The minimum absolute atomic E-state index is 0.0134. The van der Waals surface area contributed by atoms with Gasteiger partial charge in [-0.15, -0.1) is 17.9 Å². The summed E-state index contributed by atoms with van der Waals surface area (Å²) in [5.41, 5.74) is 2.35. The summed E-state index contributed by atoms with van der Waals surface area (Å²) in [4.78, 5) is 63.7. The summed E-state index contributed by atoms with van der Waals surface area (Å²) in [6.45, 7) is 4.65. The highest BCUT2D eigenvalue weighted by Crippen LogP contribution is 2.29. The Bertz CT molecular complexity index is 1800. The molecule has 49 heavy (non-hydrogen) atoms. The summed E-state index contributed by atoms with van der Waals surface area (Å²) in [6, 6.07) is 23.5. The number of nitrogens with one attached hydrogen (secondary N) is 2. The third-order valence-corrected chi connectivity index (χ3v) is 9.30. The predicted molar refractivity (Wildman–Crippen MR) is 184 cm³/mol. The number of hydrogen-bond acceptors (Lipinski definition) is 8. The predicted octanol–water partition coefficient (Wildman–Crippen LogP) is 3.52. The summed E-state index contributed by atoms with van der Waals surface area (Å²) < 4.78 is 0. The van der Waals surface area contributed by atoms with Gasteiger partial charge in [0.15, 0.2) is 0 Å². The molecule has 2 aliphatic heterocycles. The standard InChI is InChI=1S/C36H37N7O5S/c1-2-17-41-24-33(45)42-31(19-25-13-15-28(44)16-14-25)35(47)40(23-32(42)43(41)36(48)38-20-26-8-4-3-5-9-26)22-27-10-6-12-30(39-27)34(46)37-21-29-11-7-18-49-29/h2-16,18,31-32,44H,1,17,19-24H2,(H,37,46)(H,38,48)/t31-,32-/m0/s1. The lowest BCUT2D eigenvalue weighted by atomic mass is 9.98. The van der Waals surface area contributed by atoms with Gasteiger partial charge in [-0.3, -0.25) is 14.4 Å². The molecule has 3 N–H and O–H groups in total. The van der Waals surface area contributed by atoms with Crippen LogP contribution in [0.1, 0.15) is 32.2 Å². The Balaban J connectivity index is 1.29. The minimum atomic E-state index is -0.941. The number of urea groups is 1. The van der Waals surface area contributed by atoms with Gasteiger partial charge >= 0.3 is 6.03 Å². The molecule has 6 rings (SSSR count). The Morgan fingerprint density at radius 1 is 0.939 bits per heavy atom. The maximum Gasteiger partial charge on any atom is 0.334 e. The smallest absolute Gasteiger partial charge is 0.334 e. The molecule has 12 nitrogen and oxygen atoms in total. The van der Waals surface area contributed by atoms with Gasteiger partial charge in [0.2, 0.25) is 11.8 Å². The molecule has 2 aromatic carbocycles. The van der Waals surface area contributed by atoms with Crippen LogP contribution >= 0.6 is 11.3 Å². The Labute approximate surface area is 288 Å². The lowest BCUT2D eigenvalue weighted by Crippen LogP contribution is -2.76. The fourth-order valence-corrected chi connectivity index (χ4v) is 6.76. The average molecular weight is 680 g/mol. The first kappa shape index (κ1) is 33.4. The molecule has 2 atom stereocenters. The maximum atomic E-state index is 14.3. The number of thiophene rings is 1. The number of rotatable bonds is 11. The number of piperazine rings is 1. The summed E-state index contributed by atoms with van der Waals surface area (Å²) >= 11 is 1.54. The highest BCUT2D eigenvalue weighted by atomic mass is 32.1. The van der Waals surface area contributed by atoms with Gasteiger partial charge < -0.3 is 25.5 Å². The van der Waals surface area contributed by atoms with E-state index in [9.17, 15) is 24.3 Å². The number of carbonyl (C=O) groups excluding carboxylic acids is 4. The molecule has 2 fully saturated rings.